The van der Waals surface area contributed by atoms with Crippen molar-refractivity contribution in [1.29, 1.82) is 0 Å². The Kier molecular flexibility index (Phi) is 4.15. The van der Waals surface area contributed by atoms with Gasteiger partial charge in [0.25, 0.3) is 0 Å². The number of ether oxygens (including phenoxy) is 1. The van der Waals surface area contributed by atoms with E-state index in [0.717, 1.165) is 15.9 Å². The van der Waals surface area contributed by atoms with Gasteiger partial charge in [0.2, 0.25) is 0 Å². The molecule has 0 fully saturated rings. The Bertz CT molecular complexity index is 521. The van der Waals surface area contributed by atoms with Crippen LogP contribution < -0.4 is 5.73 Å². The Morgan fingerprint density at radius 2 is 2.33 bits per heavy atom. The zero-order valence-electron chi connectivity index (χ0n) is 10.4. The first kappa shape index (κ1) is 13.3. The Morgan fingerprint density at radius 1 is 1.56 bits per heavy atom. The molecule has 2 heterocycles. The molecule has 0 radical (unpaired) electrons. The number of hydrogen-bond acceptors (Lipinski definition) is 4. The number of nitrogens with zero attached hydrogens (tertiary/aromatic N) is 4. The second kappa shape index (κ2) is 5.64. The second-order valence-corrected chi connectivity index (χ2v) is 4.84. The van der Waals surface area contributed by atoms with Gasteiger partial charge in [0.15, 0.2) is 0 Å². The summed E-state index contributed by atoms with van der Waals surface area (Å²) in [5, 5.41) is 8.61. The second-order valence-electron chi connectivity index (χ2n) is 3.99. The lowest BCUT2D eigenvalue weighted by Crippen LogP contribution is -2.20. The summed E-state index contributed by atoms with van der Waals surface area (Å²) in [6.45, 7) is 1.26. The zero-order chi connectivity index (χ0) is 13.1. The van der Waals surface area contributed by atoms with Crippen molar-refractivity contribution in [2.24, 2.45) is 12.8 Å². The Labute approximate surface area is 114 Å². The van der Waals surface area contributed by atoms with E-state index in [1.807, 2.05) is 24.0 Å². The van der Waals surface area contributed by atoms with E-state index in [1.54, 1.807) is 18.0 Å². The SMILES string of the molecule is COCCn1ncc(Br)c1C(N)c1ccn(C)n1. The number of rotatable bonds is 5. The van der Waals surface area contributed by atoms with Gasteiger partial charge in [-0.15, -0.1) is 0 Å². The van der Waals surface area contributed by atoms with E-state index in [9.17, 15) is 0 Å². The number of halogens is 1. The van der Waals surface area contributed by atoms with E-state index in [1.165, 1.54) is 0 Å². The van der Waals surface area contributed by atoms with Crippen LogP contribution in [0.5, 0.6) is 0 Å². The molecule has 0 aliphatic heterocycles. The monoisotopic (exact) mass is 313 g/mol. The van der Waals surface area contributed by atoms with Crippen LogP contribution in [0.3, 0.4) is 0 Å². The molecular weight excluding hydrogens is 298 g/mol. The fourth-order valence-corrected chi connectivity index (χ4v) is 2.32. The summed E-state index contributed by atoms with van der Waals surface area (Å²) in [5.74, 6) is 0. The highest BCUT2D eigenvalue weighted by Gasteiger charge is 2.20. The molecule has 0 amide bonds. The number of nitrogens with two attached hydrogens (primary N) is 1. The maximum absolute atomic E-state index is 6.24. The standard InChI is InChI=1S/C11H16BrN5O/c1-16-4-3-9(15-16)10(13)11-8(12)7-14-17(11)5-6-18-2/h3-4,7,10H,5-6,13H2,1-2H3. The number of hydrogen-bond donors (Lipinski definition) is 1. The molecule has 2 rings (SSSR count). The number of aryl methyl sites for hydroxylation is 1. The van der Waals surface area contributed by atoms with Gasteiger partial charge in [0.05, 0.1) is 41.3 Å². The lowest BCUT2D eigenvalue weighted by atomic mass is 10.1. The molecule has 0 saturated heterocycles. The predicted molar refractivity (Wildman–Crippen MR) is 71.0 cm³/mol. The molecule has 2 aromatic rings. The van der Waals surface area contributed by atoms with Crippen LogP contribution in [0.2, 0.25) is 0 Å². The van der Waals surface area contributed by atoms with E-state index in [0.29, 0.717) is 13.2 Å². The van der Waals surface area contributed by atoms with Crippen molar-refractivity contribution in [2.75, 3.05) is 13.7 Å². The van der Waals surface area contributed by atoms with E-state index in [4.69, 9.17) is 10.5 Å². The summed E-state index contributed by atoms with van der Waals surface area (Å²) in [6.07, 6.45) is 3.62. The van der Waals surface area contributed by atoms with E-state index >= 15 is 0 Å². The molecule has 6 nitrogen and oxygen atoms in total. The van der Waals surface area contributed by atoms with E-state index in [-0.39, 0.29) is 6.04 Å². The van der Waals surface area contributed by atoms with E-state index < -0.39 is 0 Å². The van der Waals surface area contributed by atoms with Crippen molar-refractivity contribution in [3.05, 3.63) is 34.3 Å². The summed E-state index contributed by atoms with van der Waals surface area (Å²) in [6, 6.07) is 1.60. The first-order valence-electron chi connectivity index (χ1n) is 5.58. The van der Waals surface area contributed by atoms with Crippen LogP contribution in [0.25, 0.3) is 0 Å². The predicted octanol–water partition coefficient (Wildman–Crippen LogP) is 1.07. The molecule has 2 N–H and O–H groups in total. The third kappa shape index (κ3) is 2.63. The van der Waals surface area contributed by atoms with Crippen molar-refractivity contribution >= 4 is 15.9 Å². The average molecular weight is 314 g/mol. The van der Waals surface area contributed by atoms with Crippen molar-refractivity contribution in [3.63, 3.8) is 0 Å². The van der Waals surface area contributed by atoms with Gasteiger partial charge in [-0.05, 0) is 22.0 Å². The van der Waals surface area contributed by atoms with Crippen molar-refractivity contribution in [2.45, 2.75) is 12.6 Å². The van der Waals surface area contributed by atoms with Gasteiger partial charge in [0, 0.05) is 20.4 Å². The van der Waals surface area contributed by atoms with Crippen LogP contribution in [-0.4, -0.2) is 33.3 Å². The molecule has 0 spiro atoms. The molecule has 0 bridgehead atoms. The minimum atomic E-state index is -0.306. The molecular formula is C11H16BrN5O. The molecule has 0 aliphatic carbocycles. The molecule has 0 aliphatic rings. The highest BCUT2D eigenvalue weighted by atomic mass is 79.9. The molecule has 18 heavy (non-hydrogen) atoms. The largest absolute Gasteiger partial charge is 0.383 e. The van der Waals surface area contributed by atoms with Crippen LogP contribution in [0.1, 0.15) is 17.4 Å². The van der Waals surface area contributed by atoms with Gasteiger partial charge in [0.1, 0.15) is 0 Å². The number of methoxy groups -OCH3 is 1. The smallest absolute Gasteiger partial charge is 0.0927 e. The lowest BCUT2D eigenvalue weighted by molar-refractivity contribution is 0.182. The Hall–Kier alpha value is -1.18. The highest BCUT2D eigenvalue weighted by Crippen LogP contribution is 2.25. The molecule has 0 aromatic carbocycles. The minimum Gasteiger partial charge on any atom is -0.383 e. The van der Waals surface area contributed by atoms with Gasteiger partial charge in [-0.3, -0.25) is 9.36 Å². The lowest BCUT2D eigenvalue weighted by Gasteiger charge is -2.13. The summed E-state index contributed by atoms with van der Waals surface area (Å²) >= 11 is 3.48. The van der Waals surface area contributed by atoms with Crippen molar-refractivity contribution in [1.82, 2.24) is 19.6 Å². The third-order valence-electron chi connectivity index (χ3n) is 2.69. The Balaban J connectivity index is 2.28. The summed E-state index contributed by atoms with van der Waals surface area (Å²) in [4.78, 5) is 0. The first-order valence-corrected chi connectivity index (χ1v) is 6.38. The van der Waals surface area contributed by atoms with Gasteiger partial charge >= 0.3 is 0 Å². The fourth-order valence-electron chi connectivity index (χ4n) is 1.78. The van der Waals surface area contributed by atoms with Gasteiger partial charge in [-0.1, -0.05) is 0 Å². The normalized spacial score (nSPS) is 12.9. The highest BCUT2D eigenvalue weighted by molar-refractivity contribution is 9.10. The van der Waals surface area contributed by atoms with Crippen LogP contribution >= 0.6 is 15.9 Å². The van der Waals surface area contributed by atoms with Crippen LogP contribution in [0, 0.1) is 0 Å². The van der Waals surface area contributed by atoms with Crippen molar-refractivity contribution in [3.8, 4) is 0 Å². The van der Waals surface area contributed by atoms with Crippen LogP contribution in [-0.2, 0) is 18.3 Å². The number of aromatic nitrogens is 4. The molecule has 2 aromatic heterocycles. The summed E-state index contributed by atoms with van der Waals surface area (Å²) < 4.78 is 9.52. The quantitative estimate of drug-likeness (QED) is 0.896. The van der Waals surface area contributed by atoms with Crippen LogP contribution in [0.15, 0.2) is 22.9 Å². The Morgan fingerprint density at radius 3 is 2.94 bits per heavy atom. The minimum absolute atomic E-state index is 0.306. The van der Waals surface area contributed by atoms with Gasteiger partial charge < -0.3 is 10.5 Å². The van der Waals surface area contributed by atoms with E-state index in [2.05, 4.69) is 26.1 Å². The van der Waals surface area contributed by atoms with Gasteiger partial charge in [-0.25, -0.2) is 0 Å². The average Bonchev–Trinajstić information content (AvgIpc) is 2.92. The topological polar surface area (TPSA) is 70.9 Å². The maximum atomic E-state index is 6.24. The van der Waals surface area contributed by atoms with Gasteiger partial charge in [-0.2, -0.15) is 10.2 Å². The molecule has 7 heteroatoms. The van der Waals surface area contributed by atoms with Crippen molar-refractivity contribution < 1.29 is 4.74 Å². The van der Waals surface area contributed by atoms with Crippen LogP contribution in [0.4, 0.5) is 0 Å². The summed E-state index contributed by atoms with van der Waals surface area (Å²) in [5.41, 5.74) is 7.97. The molecule has 1 unspecified atom stereocenters. The summed E-state index contributed by atoms with van der Waals surface area (Å²) in [7, 11) is 3.53. The molecule has 0 saturated carbocycles. The fraction of sp³-hybridized carbons (Fsp3) is 0.455. The molecule has 98 valence electrons. The molecule has 1 atom stereocenters. The first-order chi connectivity index (χ1) is 8.63. The zero-order valence-corrected chi connectivity index (χ0v) is 12.0. The third-order valence-corrected chi connectivity index (χ3v) is 3.30. The maximum Gasteiger partial charge on any atom is 0.0927 e.